The maximum absolute atomic E-state index is 8.82. The lowest BCUT2D eigenvalue weighted by Gasteiger charge is -2.10. The minimum atomic E-state index is 0.548. The van der Waals surface area contributed by atoms with E-state index in [1.165, 1.54) is 5.56 Å². The second-order valence-corrected chi connectivity index (χ2v) is 3.93. The second-order valence-electron chi connectivity index (χ2n) is 3.93. The number of pyridine rings is 1. The second kappa shape index (κ2) is 6.41. The Morgan fingerprint density at radius 1 is 1.16 bits per heavy atom. The molecule has 0 aliphatic carbocycles. The van der Waals surface area contributed by atoms with Crippen LogP contribution < -0.4 is 9.47 Å². The predicted octanol–water partition coefficient (Wildman–Crippen LogP) is 2.58. The molecule has 2 rings (SSSR count). The monoisotopic (exact) mass is 254 g/mol. The molecule has 0 fully saturated rings. The summed E-state index contributed by atoms with van der Waals surface area (Å²) < 4.78 is 10.9. The van der Waals surface area contributed by atoms with Crippen molar-refractivity contribution < 1.29 is 9.47 Å². The van der Waals surface area contributed by atoms with Crippen molar-refractivity contribution in [2.75, 3.05) is 13.7 Å². The van der Waals surface area contributed by atoms with Gasteiger partial charge in [-0.3, -0.25) is 4.98 Å². The third-order valence-electron chi connectivity index (χ3n) is 2.69. The molecule has 1 aromatic heterocycles. The number of nitrogens with zero attached hydrogens (tertiary/aromatic N) is 2. The van der Waals surface area contributed by atoms with Crippen LogP contribution in [0.4, 0.5) is 0 Å². The molecular formula is C15H14N2O2. The van der Waals surface area contributed by atoms with Crippen LogP contribution in [0.15, 0.2) is 42.7 Å². The average molecular weight is 254 g/mol. The Morgan fingerprint density at radius 3 is 2.63 bits per heavy atom. The normalized spacial score (nSPS) is 9.68. The molecule has 4 heteroatoms. The summed E-state index contributed by atoms with van der Waals surface area (Å²) in [6.45, 7) is 0.548. The Kier molecular flexibility index (Phi) is 4.35. The number of hydrogen-bond acceptors (Lipinski definition) is 4. The predicted molar refractivity (Wildman–Crippen MR) is 71.1 cm³/mol. The number of rotatable bonds is 5. The van der Waals surface area contributed by atoms with Gasteiger partial charge in [0.25, 0.3) is 0 Å². The Hall–Kier alpha value is -2.54. The molecule has 19 heavy (non-hydrogen) atoms. The highest BCUT2D eigenvalue weighted by Crippen LogP contribution is 2.27. The fourth-order valence-corrected chi connectivity index (χ4v) is 1.68. The van der Waals surface area contributed by atoms with Crippen LogP contribution in [0.2, 0.25) is 0 Å². The van der Waals surface area contributed by atoms with Gasteiger partial charge in [-0.25, -0.2) is 0 Å². The van der Waals surface area contributed by atoms with Crippen LogP contribution in [0, 0.1) is 11.3 Å². The third-order valence-corrected chi connectivity index (χ3v) is 2.69. The summed E-state index contributed by atoms with van der Waals surface area (Å²) in [4.78, 5) is 3.97. The first-order valence-electron chi connectivity index (χ1n) is 5.93. The first kappa shape index (κ1) is 12.9. The van der Waals surface area contributed by atoms with Crippen LogP contribution in [0.5, 0.6) is 11.5 Å². The molecule has 0 unspecified atom stereocenters. The van der Waals surface area contributed by atoms with Gasteiger partial charge in [-0.1, -0.05) is 0 Å². The molecule has 4 nitrogen and oxygen atoms in total. The molecule has 1 aromatic carbocycles. The van der Waals surface area contributed by atoms with Gasteiger partial charge in [-0.15, -0.1) is 0 Å². The van der Waals surface area contributed by atoms with Crippen molar-refractivity contribution in [2.24, 2.45) is 0 Å². The maximum Gasteiger partial charge on any atom is 0.162 e. The molecule has 0 saturated carbocycles. The molecule has 0 aliphatic rings. The highest BCUT2D eigenvalue weighted by Gasteiger charge is 2.05. The van der Waals surface area contributed by atoms with Crippen molar-refractivity contribution in [1.82, 2.24) is 4.98 Å². The molecule has 2 aromatic rings. The molecule has 0 spiro atoms. The Labute approximate surface area is 112 Å². The summed E-state index contributed by atoms with van der Waals surface area (Å²) in [5.74, 6) is 1.23. The van der Waals surface area contributed by atoms with E-state index < -0.39 is 0 Å². The standard InChI is InChI=1S/C15H14N2O2/c1-18-15-10-13(11-16)2-3-14(15)19-9-6-12-4-7-17-8-5-12/h2-5,7-8,10H,6,9H2,1H3. The molecule has 1 heterocycles. The summed E-state index contributed by atoms with van der Waals surface area (Å²) >= 11 is 0. The van der Waals surface area contributed by atoms with Crippen LogP contribution in [-0.4, -0.2) is 18.7 Å². The van der Waals surface area contributed by atoms with E-state index in [0.717, 1.165) is 6.42 Å². The largest absolute Gasteiger partial charge is 0.493 e. The SMILES string of the molecule is COc1cc(C#N)ccc1OCCc1ccncc1. The first-order valence-corrected chi connectivity index (χ1v) is 5.93. The van der Waals surface area contributed by atoms with Gasteiger partial charge in [-0.2, -0.15) is 5.26 Å². The zero-order chi connectivity index (χ0) is 13.5. The zero-order valence-electron chi connectivity index (χ0n) is 10.7. The summed E-state index contributed by atoms with van der Waals surface area (Å²) in [6, 6.07) is 11.1. The summed E-state index contributed by atoms with van der Waals surface area (Å²) in [5.41, 5.74) is 1.72. The highest BCUT2D eigenvalue weighted by atomic mass is 16.5. The van der Waals surface area contributed by atoms with Crippen LogP contribution >= 0.6 is 0 Å². The van der Waals surface area contributed by atoms with Crippen LogP contribution in [0.3, 0.4) is 0 Å². The number of ether oxygens (including phenoxy) is 2. The number of methoxy groups -OCH3 is 1. The average Bonchev–Trinajstić information content (AvgIpc) is 2.48. The van der Waals surface area contributed by atoms with Gasteiger partial charge < -0.3 is 9.47 Å². The smallest absolute Gasteiger partial charge is 0.162 e. The molecule has 0 atom stereocenters. The number of benzene rings is 1. The molecule has 0 bridgehead atoms. The van der Waals surface area contributed by atoms with E-state index in [1.54, 1.807) is 37.7 Å². The van der Waals surface area contributed by atoms with Gasteiger partial charge in [0.15, 0.2) is 11.5 Å². The molecular weight excluding hydrogens is 240 g/mol. The Bertz CT molecular complexity index is 576. The van der Waals surface area contributed by atoms with Crippen LogP contribution in [-0.2, 0) is 6.42 Å². The van der Waals surface area contributed by atoms with Gasteiger partial charge in [0.2, 0.25) is 0 Å². The van der Waals surface area contributed by atoms with Gasteiger partial charge in [0.1, 0.15) is 0 Å². The Balaban J connectivity index is 1.98. The topological polar surface area (TPSA) is 55.1 Å². The highest BCUT2D eigenvalue weighted by molar-refractivity contribution is 5.46. The number of nitriles is 1. The van der Waals surface area contributed by atoms with Crippen molar-refractivity contribution in [3.8, 4) is 17.6 Å². The van der Waals surface area contributed by atoms with Gasteiger partial charge >= 0.3 is 0 Å². The van der Waals surface area contributed by atoms with E-state index in [1.807, 2.05) is 12.1 Å². The minimum Gasteiger partial charge on any atom is -0.493 e. The quantitative estimate of drug-likeness (QED) is 0.823. The van der Waals surface area contributed by atoms with Crippen molar-refractivity contribution in [3.63, 3.8) is 0 Å². The van der Waals surface area contributed by atoms with Gasteiger partial charge in [-0.05, 0) is 29.8 Å². The number of aromatic nitrogens is 1. The summed E-state index contributed by atoms with van der Waals surface area (Å²) in [6.07, 6.45) is 4.32. The van der Waals surface area contributed by atoms with E-state index in [9.17, 15) is 0 Å². The van der Waals surface area contributed by atoms with E-state index >= 15 is 0 Å². The molecule has 0 amide bonds. The Morgan fingerprint density at radius 2 is 1.95 bits per heavy atom. The lowest BCUT2D eigenvalue weighted by Crippen LogP contribution is -2.02. The van der Waals surface area contributed by atoms with E-state index in [-0.39, 0.29) is 0 Å². The van der Waals surface area contributed by atoms with Gasteiger partial charge in [0, 0.05) is 24.9 Å². The van der Waals surface area contributed by atoms with Crippen molar-refractivity contribution in [3.05, 3.63) is 53.9 Å². The first-order chi connectivity index (χ1) is 9.33. The summed E-state index contributed by atoms with van der Waals surface area (Å²) in [7, 11) is 1.56. The summed E-state index contributed by atoms with van der Waals surface area (Å²) in [5, 5.41) is 8.82. The van der Waals surface area contributed by atoms with Crippen LogP contribution in [0.1, 0.15) is 11.1 Å². The van der Waals surface area contributed by atoms with Crippen LogP contribution in [0.25, 0.3) is 0 Å². The molecule has 0 N–H and O–H groups in total. The number of hydrogen-bond donors (Lipinski definition) is 0. The lowest BCUT2D eigenvalue weighted by atomic mass is 10.2. The minimum absolute atomic E-state index is 0.548. The molecule has 0 aliphatic heterocycles. The van der Waals surface area contributed by atoms with Crippen molar-refractivity contribution in [1.29, 1.82) is 5.26 Å². The maximum atomic E-state index is 8.82. The van der Waals surface area contributed by atoms with E-state index in [4.69, 9.17) is 14.7 Å². The van der Waals surface area contributed by atoms with Gasteiger partial charge in [0.05, 0.1) is 25.3 Å². The zero-order valence-corrected chi connectivity index (χ0v) is 10.7. The van der Waals surface area contributed by atoms with Crippen molar-refractivity contribution in [2.45, 2.75) is 6.42 Å². The molecule has 0 saturated heterocycles. The molecule has 96 valence electrons. The van der Waals surface area contributed by atoms with Crippen molar-refractivity contribution >= 4 is 0 Å². The van der Waals surface area contributed by atoms with E-state index in [2.05, 4.69) is 11.1 Å². The third kappa shape index (κ3) is 3.46. The molecule has 0 radical (unpaired) electrons. The van der Waals surface area contributed by atoms with E-state index in [0.29, 0.717) is 23.7 Å². The lowest BCUT2D eigenvalue weighted by molar-refractivity contribution is 0.297. The fraction of sp³-hybridized carbons (Fsp3) is 0.200. The fourth-order valence-electron chi connectivity index (χ4n) is 1.68.